The Bertz CT molecular complexity index is 245. The van der Waals surface area contributed by atoms with Crippen LogP contribution in [-0.4, -0.2) is 5.33 Å². The third-order valence-corrected chi connectivity index (χ3v) is 1.96. The van der Waals surface area contributed by atoms with Crippen molar-refractivity contribution in [1.82, 2.24) is 0 Å². The number of alkyl halides is 1. The molecule has 1 aromatic carbocycles. The van der Waals surface area contributed by atoms with E-state index in [1.165, 1.54) is 6.07 Å². The van der Waals surface area contributed by atoms with Gasteiger partial charge in [-0.25, -0.2) is 4.39 Å². The third-order valence-electron chi connectivity index (χ3n) is 1.57. The van der Waals surface area contributed by atoms with Gasteiger partial charge < -0.3 is 0 Å². The third kappa shape index (κ3) is 2.29. The van der Waals surface area contributed by atoms with Gasteiger partial charge in [0.1, 0.15) is 5.82 Å². The Kier molecular flexibility index (Phi) is 3.06. The van der Waals surface area contributed by atoms with E-state index in [1.807, 2.05) is 13.0 Å². The molecule has 0 aliphatic heterocycles. The van der Waals surface area contributed by atoms with E-state index in [-0.39, 0.29) is 5.82 Å². The first kappa shape index (κ1) is 8.72. The van der Waals surface area contributed by atoms with Gasteiger partial charge in [0, 0.05) is 5.33 Å². The van der Waals surface area contributed by atoms with Crippen LogP contribution in [0.25, 0.3) is 0 Å². The number of halogens is 2. The first-order valence-corrected chi connectivity index (χ1v) is 4.67. The molecular weight excluding hydrogens is 207 g/mol. The molecule has 0 nitrogen and oxygen atoms in total. The maximum absolute atomic E-state index is 12.9. The smallest absolute Gasteiger partial charge is 0.126 e. The lowest BCUT2D eigenvalue weighted by Crippen LogP contribution is -1.91. The van der Waals surface area contributed by atoms with Gasteiger partial charge in [0.05, 0.1) is 0 Å². The summed E-state index contributed by atoms with van der Waals surface area (Å²) in [4.78, 5) is 0. The van der Waals surface area contributed by atoms with Crippen molar-refractivity contribution in [3.8, 4) is 0 Å². The zero-order chi connectivity index (χ0) is 8.27. The van der Waals surface area contributed by atoms with Crippen molar-refractivity contribution >= 4 is 15.9 Å². The summed E-state index contributed by atoms with van der Waals surface area (Å²) in [5.74, 6) is -0.102. The maximum atomic E-state index is 12.9. The van der Waals surface area contributed by atoms with Crippen molar-refractivity contribution in [1.29, 1.82) is 0 Å². The molecule has 0 saturated carbocycles. The van der Waals surface area contributed by atoms with Gasteiger partial charge >= 0.3 is 0 Å². The SMILES string of the molecule is Cc1ccc(F)c(CCBr)c1. The van der Waals surface area contributed by atoms with E-state index < -0.39 is 0 Å². The lowest BCUT2D eigenvalue weighted by molar-refractivity contribution is 0.612. The summed E-state index contributed by atoms with van der Waals surface area (Å²) >= 11 is 3.28. The molecule has 0 saturated heterocycles. The fourth-order valence-corrected chi connectivity index (χ4v) is 1.42. The van der Waals surface area contributed by atoms with E-state index in [9.17, 15) is 4.39 Å². The highest BCUT2D eigenvalue weighted by Gasteiger charge is 1.99. The van der Waals surface area contributed by atoms with Gasteiger partial charge in [-0.3, -0.25) is 0 Å². The van der Waals surface area contributed by atoms with Gasteiger partial charge in [0.15, 0.2) is 0 Å². The van der Waals surface area contributed by atoms with E-state index in [0.717, 1.165) is 22.9 Å². The summed E-state index contributed by atoms with van der Waals surface area (Å²) in [6, 6.07) is 5.19. The predicted molar refractivity (Wildman–Crippen MR) is 48.6 cm³/mol. The zero-order valence-electron chi connectivity index (χ0n) is 6.40. The molecule has 0 aliphatic rings. The Hall–Kier alpha value is -0.370. The second-order valence-electron chi connectivity index (χ2n) is 2.53. The molecule has 0 heterocycles. The van der Waals surface area contributed by atoms with Gasteiger partial charge in [0.25, 0.3) is 0 Å². The Labute approximate surface area is 74.6 Å². The van der Waals surface area contributed by atoms with Crippen LogP contribution < -0.4 is 0 Å². The molecular formula is C9H10BrF. The minimum Gasteiger partial charge on any atom is -0.207 e. The maximum Gasteiger partial charge on any atom is 0.126 e. The van der Waals surface area contributed by atoms with Crippen LogP contribution in [0.2, 0.25) is 0 Å². The molecule has 0 unspecified atom stereocenters. The highest BCUT2D eigenvalue weighted by molar-refractivity contribution is 9.09. The molecule has 0 bridgehead atoms. The first-order chi connectivity index (χ1) is 5.24. The number of hydrogen-bond acceptors (Lipinski definition) is 0. The van der Waals surface area contributed by atoms with Crippen molar-refractivity contribution in [2.45, 2.75) is 13.3 Å². The summed E-state index contributed by atoms with van der Waals surface area (Å²) in [5, 5.41) is 0.813. The largest absolute Gasteiger partial charge is 0.207 e. The lowest BCUT2D eigenvalue weighted by Gasteiger charge is -2.00. The Morgan fingerprint density at radius 3 is 2.82 bits per heavy atom. The van der Waals surface area contributed by atoms with Gasteiger partial charge in [-0.1, -0.05) is 33.6 Å². The molecule has 0 fully saturated rings. The monoisotopic (exact) mass is 216 g/mol. The number of benzene rings is 1. The van der Waals surface area contributed by atoms with Crippen LogP contribution in [0.4, 0.5) is 4.39 Å². The predicted octanol–water partition coefficient (Wildman–Crippen LogP) is 3.07. The van der Waals surface area contributed by atoms with Crippen LogP contribution in [-0.2, 0) is 6.42 Å². The first-order valence-electron chi connectivity index (χ1n) is 3.55. The van der Waals surface area contributed by atoms with E-state index in [0.29, 0.717) is 0 Å². The van der Waals surface area contributed by atoms with Crippen LogP contribution in [0.3, 0.4) is 0 Å². The molecule has 0 aliphatic carbocycles. The summed E-state index contributed by atoms with van der Waals surface area (Å²) < 4.78 is 12.9. The minimum atomic E-state index is -0.102. The molecule has 0 N–H and O–H groups in total. The summed E-state index contributed by atoms with van der Waals surface area (Å²) in [6.07, 6.45) is 0.757. The molecule has 0 atom stereocenters. The van der Waals surface area contributed by atoms with Crippen LogP contribution in [0.15, 0.2) is 18.2 Å². The van der Waals surface area contributed by atoms with E-state index >= 15 is 0 Å². The average Bonchev–Trinajstić information content (AvgIpc) is 1.98. The van der Waals surface area contributed by atoms with Gasteiger partial charge in [-0.15, -0.1) is 0 Å². The van der Waals surface area contributed by atoms with Gasteiger partial charge in [-0.2, -0.15) is 0 Å². The Morgan fingerprint density at radius 2 is 2.18 bits per heavy atom. The Balaban J connectivity index is 2.93. The molecule has 1 rings (SSSR count). The van der Waals surface area contributed by atoms with Crippen LogP contribution in [0.5, 0.6) is 0 Å². The normalized spacial score (nSPS) is 10.1. The highest BCUT2D eigenvalue weighted by Crippen LogP contribution is 2.11. The summed E-state index contributed by atoms with van der Waals surface area (Å²) in [5.41, 5.74) is 1.91. The summed E-state index contributed by atoms with van der Waals surface area (Å²) in [7, 11) is 0. The second kappa shape index (κ2) is 3.86. The fraction of sp³-hybridized carbons (Fsp3) is 0.333. The van der Waals surface area contributed by atoms with Crippen molar-refractivity contribution in [3.63, 3.8) is 0 Å². The van der Waals surface area contributed by atoms with Crippen molar-refractivity contribution in [3.05, 3.63) is 35.1 Å². The molecule has 2 heteroatoms. The number of rotatable bonds is 2. The van der Waals surface area contributed by atoms with E-state index in [1.54, 1.807) is 6.07 Å². The lowest BCUT2D eigenvalue weighted by atomic mass is 10.1. The standard InChI is InChI=1S/C9H10BrF/c1-7-2-3-9(11)8(6-7)4-5-10/h2-3,6H,4-5H2,1H3. The highest BCUT2D eigenvalue weighted by atomic mass is 79.9. The topological polar surface area (TPSA) is 0 Å². The van der Waals surface area contributed by atoms with Crippen LogP contribution in [0.1, 0.15) is 11.1 Å². The quantitative estimate of drug-likeness (QED) is 0.668. The number of aryl methyl sites for hydroxylation is 2. The molecule has 0 spiro atoms. The summed E-state index contributed by atoms with van der Waals surface area (Å²) in [6.45, 7) is 1.97. The second-order valence-corrected chi connectivity index (χ2v) is 3.33. The van der Waals surface area contributed by atoms with Gasteiger partial charge in [0.2, 0.25) is 0 Å². The molecule has 60 valence electrons. The van der Waals surface area contributed by atoms with Crippen LogP contribution >= 0.6 is 15.9 Å². The van der Waals surface area contributed by atoms with Gasteiger partial charge in [-0.05, 0) is 25.0 Å². The van der Waals surface area contributed by atoms with Crippen molar-refractivity contribution in [2.24, 2.45) is 0 Å². The molecule has 11 heavy (non-hydrogen) atoms. The van der Waals surface area contributed by atoms with Crippen LogP contribution in [0, 0.1) is 12.7 Å². The minimum absolute atomic E-state index is 0.102. The Morgan fingerprint density at radius 1 is 1.45 bits per heavy atom. The molecule has 0 radical (unpaired) electrons. The van der Waals surface area contributed by atoms with E-state index in [4.69, 9.17) is 0 Å². The average molecular weight is 217 g/mol. The molecule has 0 amide bonds. The van der Waals surface area contributed by atoms with Crippen molar-refractivity contribution < 1.29 is 4.39 Å². The fourth-order valence-electron chi connectivity index (χ4n) is 0.997. The number of hydrogen-bond donors (Lipinski definition) is 0. The molecule has 0 aromatic heterocycles. The zero-order valence-corrected chi connectivity index (χ0v) is 7.99. The van der Waals surface area contributed by atoms with Crippen molar-refractivity contribution in [2.75, 3.05) is 5.33 Å². The molecule has 1 aromatic rings. The van der Waals surface area contributed by atoms with E-state index in [2.05, 4.69) is 15.9 Å².